The topological polar surface area (TPSA) is 73.1 Å². The standard InChI is InChI=1S/C24H31FN4O4/c1-23(13-30-14-23)15-31-21-3-2-18(25)8-20(21)17-4-6-28(7-5-17)19-9-24(33-10-19)11-29(12-24)22-27-26-16-32-22/h2-3,8,16-17,19H,4-7,9-15H2,1H3. The zero-order valence-corrected chi connectivity index (χ0v) is 19.0. The molecule has 4 fully saturated rings. The largest absolute Gasteiger partial charge is 0.493 e. The minimum Gasteiger partial charge on any atom is -0.493 e. The molecule has 0 saturated carbocycles. The molecular formula is C24H31FN4O4. The SMILES string of the molecule is CC1(COc2ccc(F)cc2C2CCN(C3COC4(C3)CN(c3nnco3)C4)CC2)COC1. The van der Waals surface area contributed by atoms with Crippen LogP contribution in [-0.2, 0) is 9.47 Å². The lowest BCUT2D eigenvalue weighted by Crippen LogP contribution is -2.62. The van der Waals surface area contributed by atoms with Crippen LogP contribution in [0.25, 0.3) is 0 Å². The maximum atomic E-state index is 14.1. The van der Waals surface area contributed by atoms with Crippen LogP contribution in [0.3, 0.4) is 0 Å². The van der Waals surface area contributed by atoms with E-state index in [4.69, 9.17) is 18.6 Å². The summed E-state index contributed by atoms with van der Waals surface area (Å²) < 4.78 is 37.2. The monoisotopic (exact) mass is 458 g/mol. The van der Waals surface area contributed by atoms with E-state index in [1.807, 2.05) is 0 Å². The minimum absolute atomic E-state index is 0.0636. The van der Waals surface area contributed by atoms with Crippen LogP contribution in [0, 0.1) is 11.2 Å². The van der Waals surface area contributed by atoms with Gasteiger partial charge in [0.25, 0.3) is 0 Å². The van der Waals surface area contributed by atoms with Gasteiger partial charge >= 0.3 is 6.01 Å². The molecule has 0 N–H and O–H groups in total. The Labute approximate surface area is 193 Å². The number of benzene rings is 1. The highest BCUT2D eigenvalue weighted by atomic mass is 19.1. The quantitative estimate of drug-likeness (QED) is 0.655. The highest BCUT2D eigenvalue weighted by molar-refractivity contribution is 5.38. The number of aromatic nitrogens is 2. The number of nitrogens with zero attached hydrogens (tertiary/aromatic N) is 4. The summed E-state index contributed by atoms with van der Waals surface area (Å²) in [5.74, 6) is 0.937. The fourth-order valence-electron chi connectivity index (χ4n) is 5.70. The summed E-state index contributed by atoms with van der Waals surface area (Å²) in [6.07, 6.45) is 4.38. The van der Waals surface area contributed by atoms with Gasteiger partial charge in [0.15, 0.2) is 0 Å². The molecule has 1 atom stereocenters. The average Bonchev–Trinajstić information content (AvgIpc) is 3.46. The third-order valence-electron chi connectivity index (χ3n) is 7.70. The molecule has 0 amide bonds. The van der Waals surface area contributed by atoms with Crippen LogP contribution in [0.4, 0.5) is 10.4 Å². The van der Waals surface area contributed by atoms with Crippen molar-refractivity contribution in [3.63, 3.8) is 0 Å². The van der Waals surface area contributed by atoms with E-state index in [-0.39, 0.29) is 16.8 Å². The Morgan fingerprint density at radius 1 is 1.21 bits per heavy atom. The molecule has 1 aromatic heterocycles. The molecule has 1 aromatic carbocycles. The van der Waals surface area contributed by atoms with Gasteiger partial charge in [-0.2, -0.15) is 0 Å². The van der Waals surface area contributed by atoms with Gasteiger partial charge in [-0.05, 0) is 56.5 Å². The Morgan fingerprint density at radius 3 is 2.73 bits per heavy atom. The van der Waals surface area contributed by atoms with Gasteiger partial charge in [0.05, 0.1) is 39.5 Å². The van der Waals surface area contributed by atoms with Crippen molar-refractivity contribution in [2.45, 2.75) is 43.7 Å². The summed E-state index contributed by atoms with van der Waals surface area (Å²) in [6, 6.07) is 5.96. The summed E-state index contributed by atoms with van der Waals surface area (Å²) in [6.45, 7) is 8.56. The second-order valence-corrected chi connectivity index (χ2v) is 10.5. The Balaban J connectivity index is 1.04. The molecular weight excluding hydrogens is 427 g/mol. The lowest BCUT2D eigenvalue weighted by Gasteiger charge is -2.46. The molecule has 0 aliphatic carbocycles. The smallest absolute Gasteiger partial charge is 0.318 e. The number of halogens is 1. The molecule has 4 aliphatic heterocycles. The highest BCUT2D eigenvalue weighted by Gasteiger charge is 2.52. The van der Waals surface area contributed by atoms with Crippen LogP contribution in [0.15, 0.2) is 29.0 Å². The van der Waals surface area contributed by atoms with Crippen LogP contribution < -0.4 is 9.64 Å². The molecule has 1 spiro atoms. The molecule has 178 valence electrons. The van der Waals surface area contributed by atoms with Crippen molar-refractivity contribution >= 4 is 6.01 Å². The predicted molar refractivity (Wildman–Crippen MR) is 118 cm³/mol. The van der Waals surface area contributed by atoms with Gasteiger partial charge in [-0.15, -0.1) is 5.10 Å². The molecule has 1 unspecified atom stereocenters. The van der Waals surface area contributed by atoms with E-state index in [0.29, 0.717) is 24.6 Å². The fraction of sp³-hybridized carbons (Fsp3) is 0.667. The number of likely N-dealkylation sites (tertiary alicyclic amines) is 1. The molecule has 0 bridgehead atoms. The van der Waals surface area contributed by atoms with Crippen LogP contribution in [-0.4, -0.2) is 79.3 Å². The maximum absolute atomic E-state index is 14.1. The molecule has 4 saturated heterocycles. The number of piperidine rings is 1. The third kappa shape index (κ3) is 4.11. The molecule has 8 nitrogen and oxygen atoms in total. The first-order chi connectivity index (χ1) is 16.0. The fourth-order valence-corrected chi connectivity index (χ4v) is 5.70. The lowest BCUT2D eigenvalue weighted by molar-refractivity contribution is -0.120. The maximum Gasteiger partial charge on any atom is 0.318 e. The van der Waals surface area contributed by atoms with Crippen molar-refractivity contribution in [3.05, 3.63) is 36.0 Å². The van der Waals surface area contributed by atoms with Crippen molar-refractivity contribution in [2.24, 2.45) is 5.41 Å². The van der Waals surface area contributed by atoms with Crippen LogP contribution in [0.1, 0.15) is 37.7 Å². The summed E-state index contributed by atoms with van der Waals surface area (Å²) in [7, 11) is 0. The van der Waals surface area contributed by atoms with E-state index >= 15 is 0 Å². The Morgan fingerprint density at radius 2 is 2.03 bits per heavy atom. The molecule has 4 aliphatic rings. The van der Waals surface area contributed by atoms with E-state index < -0.39 is 0 Å². The first kappa shape index (κ1) is 21.3. The van der Waals surface area contributed by atoms with Crippen LogP contribution in [0.5, 0.6) is 5.75 Å². The number of hydrogen-bond donors (Lipinski definition) is 0. The second-order valence-electron chi connectivity index (χ2n) is 10.5. The van der Waals surface area contributed by atoms with E-state index in [1.54, 1.807) is 12.1 Å². The average molecular weight is 459 g/mol. The van der Waals surface area contributed by atoms with Crippen molar-refractivity contribution in [1.29, 1.82) is 0 Å². The summed E-state index contributed by atoms with van der Waals surface area (Å²) in [5, 5.41) is 7.74. The molecule has 6 rings (SSSR count). The van der Waals surface area contributed by atoms with Gasteiger partial charge in [-0.1, -0.05) is 12.0 Å². The van der Waals surface area contributed by atoms with Crippen molar-refractivity contribution in [3.8, 4) is 5.75 Å². The molecule has 5 heterocycles. The van der Waals surface area contributed by atoms with Gasteiger partial charge in [0.1, 0.15) is 17.2 Å². The third-order valence-corrected chi connectivity index (χ3v) is 7.70. The minimum atomic E-state index is -0.195. The van der Waals surface area contributed by atoms with E-state index in [9.17, 15) is 4.39 Å². The zero-order chi connectivity index (χ0) is 22.5. The number of ether oxygens (including phenoxy) is 3. The van der Waals surface area contributed by atoms with Crippen LogP contribution >= 0.6 is 0 Å². The van der Waals surface area contributed by atoms with Crippen molar-refractivity contribution < 1.29 is 23.0 Å². The van der Waals surface area contributed by atoms with Gasteiger partial charge in [-0.25, -0.2) is 4.39 Å². The van der Waals surface area contributed by atoms with Gasteiger partial charge in [-0.3, -0.25) is 4.90 Å². The van der Waals surface area contributed by atoms with Gasteiger partial charge in [0, 0.05) is 17.0 Å². The Bertz CT molecular complexity index is 969. The van der Waals surface area contributed by atoms with Gasteiger partial charge < -0.3 is 23.5 Å². The molecule has 9 heteroatoms. The molecule has 2 aromatic rings. The van der Waals surface area contributed by atoms with E-state index in [2.05, 4.69) is 26.9 Å². The predicted octanol–water partition coefficient (Wildman–Crippen LogP) is 2.85. The van der Waals surface area contributed by atoms with Crippen molar-refractivity contribution in [1.82, 2.24) is 15.1 Å². The number of rotatable bonds is 6. The number of hydrogen-bond acceptors (Lipinski definition) is 8. The summed E-state index contributed by atoms with van der Waals surface area (Å²) in [4.78, 5) is 4.62. The van der Waals surface area contributed by atoms with E-state index in [1.165, 1.54) is 12.5 Å². The van der Waals surface area contributed by atoms with Crippen molar-refractivity contribution in [2.75, 3.05) is 57.5 Å². The highest BCUT2D eigenvalue weighted by Crippen LogP contribution is 2.41. The Hall–Kier alpha value is -2.23. The molecule has 33 heavy (non-hydrogen) atoms. The number of anilines is 1. The zero-order valence-electron chi connectivity index (χ0n) is 19.0. The van der Waals surface area contributed by atoms with E-state index in [0.717, 1.165) is 76.6 Å². The lowest BCUT2D eigenvalue weighted by atomic mass is 9.86. The van der Waals surface area contributed by atoms with Gasteiger partial charge in [0.2, 0.25) is 6.39 Å². The first-order valence-corrected chi connectivity index (χ1v) is 11.9. The second kappa shape index (κ2) is 8.21. The normalized spacial score (nSPS) is 26.8. The summed E-state index contributed by atoms with van der Waals surface area (Å²) in [5.41, 5.74) is 0.974. The first-order valence-electron chi connectivity index (χ1n) is 11.9. The Kier molecular flexibility index (Phi) is 5.31. The molecule has 0 radical (unpaired) electrons. The summed E-state index contributed by atoms with van der Waals surface area (Å²) >= 11 is 0. The van der Waals surface area contributed by atoms with Crippen LogP contribution in [0.2, 0.25) is 0 Å².